The minimum absolute atomic E-state index is 0.0122. The number of benzene rings is 5. The van der Waals surface area contributed by atoms with Crippen molar-refractivity contribution in [2.45, 2.75) is 28.5 Å². The van der Waals surface area contributed by atoms with E-state index in [1.54, 1.807) is 6.92 Å². The van der Waals surface area contributed by atoms with E-state index < -0.39 is 102 Å². The van der Waals surface area contributed by atoms with Crippen molar-refractivity contribution in [2.24, 2.45) is 20.5 Å². The summed E-state index contributed by atoms with van der Waals surface area (Å²) in [7, 11) is -13.6. The normalized spacial score (nSPS) is 12.6. The molecule has 1 unspecified atom stereocenters. The molecule has 360 valence electrons. The van der Waals surface area contributed by atoms with Crippen LogP contribution < -0.4 is 16.0 Å². The van der Waals surface area contributed by atoms with Crippen LogP contribution in [-0.2, 0) is 50.4 Å². The SMILES string of the molecule is C=C.CN=Nc1c(S(=O)(=O)O)cc2cc(C)cc(Nc3nc(Cl)nc(Nc4cc(S(=O)(=O)O)cc5cc(C)c(N=Nc6cc(NC(=O)CS(=O)OCCCl)ccc6S(=O)(=O)O)c(O)c45)n3)c2c1O. The lowest BCUT2D eigenvalue weighted by atomic mass is 10.0. The van der Waals surface area contributed by atoms with Gasteiger partial charge in [-0.1, -0.05) is 6.07 Å². The van der Waals surface area contributed by atoms with Gasteiger partial charge in [0, 0.05) is 29.4 Å². The fourth-order valence-corrected chi connectivity index (χ4v) is 9.07. The Morgan fingerprint density at radius 1 is 0.765 bits per heavy atom. The van der Waals surface area contributed by atoms with Gasteiger partial charge in [0.25, 0.3) is 30.4 Å². The fraction of sp³-hybridized carbons (Fsp3) is 0.158. The number of rotatable bonds is 16. The Labute approximate surface area is 399 Å². The Morgan fingerprint density at radius 2 is 1.35 bits per heavy atom. The number of alkyl halides is 1. The molecular formula is C38H36Cl2N10O14S4. The van der Waals surface area contributed by atoms with E-state index in [4.69, 9.17) is 27.4 Å². The van der Waals surface area contributed by atoms with Crippen molar-refractivity contribution in [1.82, 2.24) is 15.0 Å². The van der Waals surface area contributed by atoms with Gasteiger partial charge in [-0.15, -0.1) is 35.0 Å². The molecule has 0 radical (unpaired) electrons. The van der Waals surface area contributed by atoms with Crippen molar-refractivity contribution in [2.75, 3.05) is 41.2 Å². The summed E-state index contributed by atoms with van der Waals surface area (Å²) in [4.78, 5) is 22.7. The zero-order valence-corrected chi connectivity index (χ0v) is 39.9. The van der Waals surface area contributed by atoms with Crippen LogP contribution in [0.4, 0.5) is 46.0 Å². The second kappa shape index (κ2) is 21.3. The number of nitrogens with zero attached hydrogens (tertiary/aromatic N) is 7. The first-order valence-electron chi connectivity index (χ1n) is 18.6. The molecule has 1 atom stereocenters. The molecule has 0 spiro atoms. The second-order valence-electron chi connectivity index (χ2n) is 13.6. The lowest BCUT2D eigenvalue weighted by Crippen LogP contribution is -2.21. The molecule has 6 aromatic rings. The third-order valence-corrected chi connectivity index (χ3v) is 12.7. The number of phenols is 2. The number of azo groups is 2. The number of fused-ring (bicyclic) bond motifs is 2. The Balaban J connectivity index is 0.00000426. The van der Waals surface area contributed by atoms with Gasteiger partial charge in [0.1, 0.15) is 32.6 Å². The largest absolute Gasteiger partial charge is 0.505 e. The van der Waals surface area contributed by atoms with Crippen molar-refractivity contribution < 1.29 is 62.3 Å². The van der Waals surface area contributed by atoms with Crippen molar-refractivity contribution in [3.05, 3.63) is 84.2 Å². The van der Waals surface area contributed by atoms with Gasteiger partial charge in [-0.2, -0.15) is 50.4 Å². The first-order valence-corrected chi connectivity index (χ1v) is 25.1. The number of nitrogens with one attached hydrogen (secondary N) is 3. The molecule has 6 rings (SSSR count). The highest BCUT2D eigenvalue weighted by molar-refractivity contribution is 7.86. The van der Waals surface area contributed by atoms with E-state index in [-0.39, 0.29) is 68.3 Å². The minimum atomic E-state index is -4.97. The van der Waals surface area contributed by atoms with E-state index in [1.807, 2.05) is 0 Å². The zero-order valence-electron chi connectivity index (χ0n) is 35.2. The van der Waals surface area contributed by atoms with Crippen LogP contribution in [0, 0.1) is 13.8 Å². The molecule has 68 heavy (non-hydrogen) atoms. The second-order valence-corrected chi connectivity index (χ2v) is 19.6. The van der Waals surface area contributed by atoms with Gasteiger partial charge in [-0.05, 0) is 95.9 Å². The maximum Gasteiger partial charge on any atom is 0.296 e. The molecule has 0 saturated carbocycles. The molecule has 0 aliphatic rings. The number of carbonyl (C=O) groups excluding carboxylic acids is 1. The molecule has 1 amide bonds. The number of hydrogen-bond acceptors (Lipinski definition) is 20. The highest BCUT2D eigenvalue weighted by Crippen LogP contribution is 2.46. The molecule has 5 aromatic carbocycles. The number of halogens is 2. The van der Waals surface area contributed by atoms with E-state index in [1.165, 1.54) is 32.2 Å². The summed E-state index contributed by atoms with van der Waals surface area (Å²) < 4.78 is 121. The predicted molar refractivity (Wildman–Crippen MR) is 252 cm³/mol. The lowest BCUT2D eigenvalue weighted by molar-refractivity contribution is -0.113. The van der Waals surface area contributed by atoms with Crippen LogP contribution in [0.3, 0.4) is 0 Å². The number of aromatic hydroxyl groups is 2. The van der Waals surface area contributed by atoms with Crippen LogP contribution in [-0.4, -0.2) is 99.5 Å². The average molecular weight is 1060 g/mol. The number of carbonyl (C=O) groups is 1. The highest BCUT2D eigenvalue weighted by Gasteiger charge is 2.25. The Bertz CT molecular complexity index is 3440. The van der Waals surface area contributed by atoms with Crippen LogP contribution in [0.15, 0.2) is 103 Å². The fourth-order valence-electron chi connectivity index (χ4n) is 6.29. The van der Waals surface area contributed by atoms with E-state index in [2.05, 4.69) is 64.5 Å². The van der Waals surface area contributed by atoms with Gasteiger partial charge in [-0.25, -0.2) is 4.21 Å². The minimum Gasteiger partial charge on any atom is -0.505 e. The number of hydrogen-bond donors (Lipinski definition) is 8. The number of aromatic nitrogens is 3. The number of aryl methyl sites for hydroxylation is 2. The topological polar surface area (TPSA) is 371 Å². The van der Waals surface area contributed by atoms with Crippen LogP contribution in [0.5, 0.6) is 11.5 Å². The van der Waals surface area contributed by atoms with Gasteiger partial charge in [0.05, 0.1) is 22.9 Å². The molecule has 0 fully saturated rings. The highest BCUT2D eigenvalue weighted by atomic mass is 35.5. The molecule has 1 aromatic heterocycles. The third kappa shape index (κ3) is 12.4. The van der Waals surface area contributed by atoms with E-state index in [0.29, 0.717) is 5.56 Å². The van der Waals surface area contributed by atoms with Gasteiger partial charge < -0.3 is 26.2 Å². The Kier molecular flexibility index (Phi) is 16.5. The summed E-state index contributed by atoms with van der Waals surface area (Å²) in [5.41, 5.74) is -1.08. The molecule has 24 nitrogen and oxygen atoms in total. The Hall–Kier alpha value is -6.34. The molecule has 0 aliphatic carbocycles. The van der Waals surface area contributed by atoms with E-state index in [0.717, 1.165) is 36.4 Å². The van der Waals surface area contributed by atoms with Crippen molar-refractivity contribution in [3.8, 4) is 11.5 Å². The maximum absolute atomic E-state index is 12.5. The standard InChI is InChI=1S/C36H32Cl2N10O14S4.C2H4/c1-16-8-18-12-26(66(59,60)61)31(47-39-3)33(51)28(18)23(9-16)41-35-43-34(38)44-36(45-35)42-24-14-21(64(53,54)55)11-19-10-17(2)30(32(50)29(19)24)48-46-22-13-20(4-5-25(22)65(56,57)58)40-27(49)15-63(52)62-7-6-37;1-2/h4-5,8-14,50-51H,6-7,15H2,1-3H3,(H,40,49)(H,53,54,55)(H,56,57,58)(H,59,60,61)(H2,41,42,43,44,45);1-2H2. The first kappa shape index (κ1) is 52.6. The van der Waals surface area contributed by atoms with Crippen LogP contribution in [0.25, 0.3) is 21.5 Å². The van der Waals surface area contributed by atoms with Crippen LogP contribution in [0.1, 0.15) is 11.1 Å². The van der Waals surface area contributed by atoms with Crippen LogP contribution in [0.2, 0.25) is 5.28 Å². The zero-order chi connectivity index (χ0) is 50.5. The quantitative estimate of drug-likeness (QED) is 0.0198. The van der Waals surface area contributed by atoms with Gasteiger partial charge in [0.2, 0.25) is 23.1 Å². The Morgan fingerprint density at radius 3 is 1.93 bits per heavy atom. The third-order valence-electron chi connectivity index (χ3n) is 8.84. The van der Waals surface area contributed by atoms with Crippen molar-refractivity contribution >= 4 is 138 Å². The molecular weight excluding hydrogens is 1020 g/mol. The molecule has 0 saturated heterocycles. The first-order chi connectivity index (χ1) is 31.9. The smallest absolute Gasteiger partial charge is 0.296 e. The maximum atomic E-state index is 12.5. The summed E-state index contributed by atoms with van der Waals surface area (Å²) in [5.74, 6) is -3.53. The average Bonchev–Trinajstić information content (AvgIpc) is 3.22. The molecule has 30 heteroatoms. The van der Waals surface area contributed by atoms with Gasteiger partial charge >= 0.3 is 0 Å². The molecule has 0 bridgehead atoms. The van der Waals surface area contributed by atoms with E-state index in [9.17, 15) is 58.1 Å². The van der Waals surface area contributed by atoms with Crippen LogP contribution >= 0.6 is 23.2 Å². The van der Waals surface area contributed by atoms with Gasteiger partial charge in [-0.3, -0.25) is 22.6 Å². The summed E-state index contributed by atoms with van der Waals surface area (Å²) >= 11 is 9.75. The molecule has 0 aliphatic heterocycles. The van der Waals surface area contributed by atoms with Gasteiger partial charge in [0.15, 0.2) is 22.6 Å². The number of anilines is 5. The summed E-state index contributed by atoms with van der Waals surface area (Å²) in [6.07, 6.45) is 0. The summed E-state index contributed by atoms with van der Waals surface area (Å²) in [6.45, 7) is 8.96. The van der Waals surface area contributed by atoms with Crippen molar-refractivity contribution in [3.63, 3.8) is 0 Å². The summed E-state index contributed by atoms with van der Waals surface area (Å²) in [5, 5.41) is 45.6. The molecule has 8 N–H and O–H groups in total. The van der Waals surface area contributed by atoms with Crippen molar-refractivity contribution in [1.29, 1.82) is 0 Å². The number of amides is 1. The van der Waals surface area contributed by atoms with E-state index >= 15 is 0 Å². The number of phenolic OH excluding ortho intramolecular Hbond substituents is 2. The predicted octanol–water partition coefficient (Wildman–Crippen LogP) is 7.88. The monoisotopic (exact) mass is 1050 g/mol. The molecule has 1 heterocycles. The lowest BCUT2D eigenvalue weighted by Gasteiger charge is -2.16. The summed E-state index contributed by atoms with van der Waals surface area (Å²) in [6, 6.07) is 10.3.